The van der Waals surface area contributed by atoms with Crippen molar-refractivity contribution in [3.05, 3.63) is 92.9 Å². The second-order valence-electron chi connectivity index (χ2n) is 10.2. The first-order valence-electron chi connectivity index (χ1n) is 13.5. The molecule has 0 spiro atoms. The number of aromatic nitrogens is 3. The summed E-state index contributed by atoms with van der Waals surface area (Å²) in [6.45, 7) is 5.05. The molecule has 40 heavy (non-hydrogen) atoms. The van der Waals surface area contributed by atoms with E-state index in [2.05, 4.69) is 39.4 Å². The number of rotatable bonds is 6. The van der Waals surface area contributed by atoms with Crippen LogP contribution in [0.15, 0.2) is 60.9 Å². The Bertz CT molecular complexity index is 1540. The maximum absolute atomic E-state index is 13.3. The van der Waals surface area contributed by atoms with Crippen LogP contribution < -0.4 is 10.2 Å². The van der Waals surface area contributed by atoms with Crippen molar-refractivity contribution in [3.63, 3.8) is 0 Å². The van der Waals surface area contributed by atoms with Crippen molar-refractivity contribution >= 4 is 52.2 Å². The average molecular weight is 596 g/mol. The molecule has 0 saturated carbocycles. The molecule has 1 N–H and O–H groups in total. The number of hydrogen-bond acceptors (Lipinski definition) is 4. The zero-order valence-electron chi connectivity index (χ0n) is 22.1. The van der Waals surface area contributed by atoms with Crippen molar-refractivity contribution in [2.75, 3.05) is 18.0 Å². The third-order valence-electron chi connectivity index (χ3n) is 7.68. The largest absolute Gasteiger partial charge is 0.333 e. The van der Waals surface area contributed by atoms with E-state index < -0.39 is 0 Å². The molecule has 6 rings (SSSR count). The van der Waals surface area contributed by atoms with Gasteiger partial charge in [-0.3, -0.25) is 9.80 Å². The Morgan fingerprint density at radius 2 is 1.68 bits per heavy atom. The number of aryl methyl sites for hydroxylation is 1. The number of halogens is 3. The highest BCUT2D eigenvalue weighted by molar-refractivity contribution is 6.40. The highest BCUT2D eigenvalue weighted by Crippen LogP contribution is 2.45. The molecule has 2 aliphatic heterocycles. The highest BCUT2D eigenvalue weighted by Gasteiger charge is 2.32. The van der Waals surface area contributed by atoms with E-state index in [-0.39, 0.29) is 6.03 Å². The quantitative estimate of drug-likeness (QED) is 0.248. The first-order valence-corrected chi connectivity index (χ1v) is 14.6. The van der Waals surface area contributed by atoms with Crippen LogP contribution in [-0.2, 0) is 19.5 Å². The van der Waals surface area contributed by atoms with E-state index in [9.17, 15) is 4.79 Å². The van der Waals surface area contributed by atoms with Gasteiger partial charge in [0.1, 0.15) is 12.2 Å². The van der Waals surface area contributed by atoms with Crippen LogP contribution in [0.4, 0.5) is 16.2 Å². The van der Waals surface area contributed by atoms with Crippen LogP contribution in [0.25, 0.3) is 11.1 Å². The van der Waals surface area contributed by atoms with E-state index >= 15 is 0 Å². The lowest BCUT2D eigenvalue weighted by Gasteiger charge is -2.35. The molecule has 206 valence electrons. The van der Waals surface area contributed by atoms with Crippen molar-refractivity contribution in [2.45, 2.75) is 45.3 Å². The number of benzene rings is 3. The van der Waals surface area contributed by atoms with Gasteiger partial charge in [0.15, 0.2) is 0 Å². The SMILES string of the molecule is CCc1ncn(C2CCN(Cc3cc(-c4ccccc4Cl)c4c(c3)N(c3c(Cl)cccc3Cl)C(=O)NC4)CC2)n1. The summed E-state index contributed by atoms with van der Waals surface area (Å²) in [6, 6.07) is 17.4. The summed E-state index contributed by atoms with van der Waals surface area (Å²) in [5, 5.41) is 9.09. The smallest absolute Gasteiger partial charge is 0.326 e. The fourth-order valence-electron chi connectivity index (χ4n) is 5.64. The standard InChI is InChI=1S/C30H29Cl3N6O/c1-2-28-35-18-38(36-28)20-10-12-37(13-11-20)17-19-14-22(21-6-3-4-7-24(21)31)23-16-34-30(40)39(27(23)15-19)29-25(32)8-5-9-26(29)33/h3-9,14-15,18,20H,2,10-13,16-17H2,1H3,(H,34,40). The van der Waals surface area contributed by atoms with Gasteiger partial charge in [-0.15, -0.1) is 0 Å². The van der Waals surface area contributed by atoms with Crippen molar-refractivity contribution in [1.29, 1.82) is 0 Å². The minimum absolute atomic E-state index is 0.273. The number of urea groups is 1. The lowest BCUT2D eigenvalue weighted by molar-refractivity contribution is 0.173. The van der Waals surface area contributed by atoms with Gasteiger partial charge in [-0.2, -0.15) is 5.10 Å². The Morgan fingerprint density at radius 3 is 2.38 bits per heavy atom. The van der Waals surface area contributed by atoms with E-state index in [1.807, 2.05) is 35.3 Å². The zero-order valence-corrected chi connectivity index (χ0v) is 24.3. The number of hydrogen-bond donors (Lipinski definition) is 1. The molecular formula is C30H29Cl3N6O. The lowest BCUT2D eigenvalue weighted by Crippen LogP contribution is -2.42. The molecule has 0 aliphatic carbocycles. The van der Waals surface area contributed by atoms with Crippen LogP contribution in [0.1, 0.15) is 42.8 Å². The summed E-state index contributed by atoms with van der Waals surface area (Å²) in [7, 11) is 0. The van der Waals surface area contributed by atoms with Gasteiger partial charge >= 0.3 is 6.03 Å². The maximum Gasteiger partial charge on any atom is 0.326 e. The predicted molar refractivity (Wildman–Crippen MR) is 161 cm³/mol. The Hall–Kier alpha value is -3.10. The van der Waals surface area contributed by atoms with Gasteiger partial charge in [0, 0.05) is 48.7 Å². The second-order valence-corrected chi connectivity index (χ2v) is 11.4. The van der Waals surface area contributed by atoms with E-state index in [0.29, 0.717) is 33.3 Å². The molecule has 1 fully saturated rings. The van der Waals surface area contributed by atoms with Crippen LogP contribution in [0.5, 0.6) is 0 Å². The van der Waals surface area contributed by atoms with Gasteiger partial charge in [0.05, 0.1) is 27.5 Å². The number of para-hydroxylation sites is 1. The van der Waals surface area contributed by atoms with Gasteiger partial charge in [0.2, 0.25) is 0 Å². The molecule has 3 heterocycles. The summed E-state index contributed by atoms with van der Waals surface area (Å²) in [5.41, 5.74) is 5.17. The van der Waals surface area contributed by atoms with Crippen molar-refractivity contribution in [3.8, 4) is 11.1 Å². The van der Waals surface area contributed by atoms with Gasteiger partial charge in [0.25, 0.3) is 0 Å². The molecule has 0 bridgehead atoms. The van der Waals surface area contributed by atoms with Gasteiger partial charge in [-0.05, 0) is 54.3 Å². The predicted octanol–water partition coefficient (Wildman–Crippen LogP) is 7.67. The third-order valence-corrected chi connectivity index (χ3v) is 8.62. The fourth-order valence-corrected chi connectivity index (χ4v) is 6.44. The molecular weight excluding hydrogens is 567 g/mol. The van der Waals surface area contributed by atoms with Crippen molar-refractivity contribution < 1.29 is 4.79 Å². The average Bonchev–Trinajstić information content (AvgIpc) is 3.44. The zero-order chi connectivity index (χ0) is 27.8. The summed E-state index contributed by atoms with van der Waals surface area (Å²) in [5.74, 6) is 0.885. The van der Waals surface area contributed by atoms with Crippen LogP contribution in [0.2, 0.25) is 15.1 Å². The second kappa shape index (κ2) is 11.4. The molecule has 1 aromatic heterocycles. The van der Waals surface area contributed by atoms with Crippen molar-refractivity contribution in [2.24, 2.45) is 0 Å². The normalized spacial score (nSPS) is 16.2. The summed E-state index contributed by atoms with van der Waals surface area (Å²) >= 11 is 19.9. The molecule has 2 amide bonds. The van der Waals surface area contributed by atoms with Gasteiger partial charge in [-0.1, -0.05) is 66.0 Å². The minimum Gasteiger partial charge on any atom is -0.333 e. The van der Waals surface area contributed by atoms with E-state index in [0.717, 1.165) is 72.7 Å². The number of piperidine rings is 1. The Labute approximate surface area is 248 Å². The molecule has 0 atom stereocenters. The number of nitrogens with zero attached hydrogens (tertiary/aromatic N) is 5. The third kappa shape index (κ3) is 5.19. The highest BCUT2D eigenvalue weighted by atomic mass is 35.5. The van der Waals surface area contributed by atoms with E-state index in [1.165, 1.54) is 0 Å². The molecule has 3 aromatic carbocycles. The summed E-state index contributed by atoms with van der Waals surface area (Å²) < 4.78 is 2.02. The van der Waals surface area contributed by atoms with Crippen LogP contribution in [0.3, 0.4) is 0 Å². The van der Waals surface area contributed by atoms with Crippen molar-refractivity contribution in [1.82, 2.24) is 25.0 Å². The topological polar surface area (TPSA) is 66.3 Å². The number of amides is 2. The molecule has 1 saturated heterocycles. The van der Waals surface area contributed by atoms with E-state index in [4.69, 9.17) is 34.8 Å². The Morgan fingerprint density at radius 1 is 0.950 bits per heavy atom. The number of fused-ring (bicyclic) bond motifs is 1. The number of likely N-dealkylation sites (tertiary alicyclic amines) is 1. The maximum atomic E-state index is 13.3. The fraction of sp³-hybridized carbons (Fsp3) is 0.300. The first kappa shape index (κ1) is 27.1. The summed E-state index contributed by atoms with van der Waals surface area (Å²) in [6.07, 6.45) is 4.70. The number of carbonyl (C=O) groups excluding carboxylic acids is 1. The Balaban J connectivity index is 1.37. The minimum atomic E-state index is -0.273. The number of carbonyl (C=O) groups is 1. The molecule has 4 aromatic rings. The molecule has 10 heteroatoms. The molecule has 7 nitrogen and oxygen atoms in total. The van der Waals surface area contributed by atoms with Gasteiger partial charge < -0.3 is 5.32 Å². The number of nitrogens with one attached hydrogen (secondary N) is 1. The molecule has 0 radical (unpaired) electrons. The van der Waals surface area contributed by atoms with Crippen LogP contribution >= 0.6 is 34.8 Å². The lowest BCUT2D eigenvalue weighted by atomic mass is 9.93. The molecule has 2 aliphatic rings. The van der Waals surface area contributed by atoms with Gasteiger partial charge in [-0.25, -0.2) is 14.5 Å². The number of anilines is 2. The Kier molecular flexibility index (Phi) is 7.73. The first-order chi connectivity index (χ1) is 19.4. The monoisotopic (exact) mass is 594 g/mol. The molecule has 0 unspecified atom stereocenters. The van der Waals surface area contributed by atoms with Crippen LogP contribution in [-0.4, -0.2) is 38.8 Å². The summed E-state index contributed by atoms with van der Waals surface area (Å²) in [4.78, 5) is 21.8. The van der Waals surface area contributed by atoms with E-state index in [1.54, 1.807) is 23.1 Å². The van der Waals surface area contributed by atoms with Crippen LogP contribution in [0, 0.1) is 0 Å².